The van der Waals surface area contributed by atoms with Gasteiger partial charge in [0, 0.05) is 12.1 Å². The van der Waals surface area contributed by atoms with Crippen LogP contribution in [0.2, 0.25) is 0 Å². The molecule has 0 aromatic carbocycles. The lowest BCUT2D eigenvalue weighted by molar-refractivity contribution is -0.150. The SMILES string of the molecule is CC(C)[C@@H](N)C(=O)OCn1c(OC=O)cc2occc21. The predicted octanol–water partition coefficient (Wildman–Crippen LogP) is 1.25. The molecule has 0 bridgehead atoms. The molecule has 2 rings (SSSR count). The summed E-state index contributed by atoms with van der Waals surface area (Å²) in [6.45, 7) is 3.85. The number of nitrogens with zero attached hydrogens (tertiary/aromatic N) is 1. The Bertz CT molecular complexity index is 613. The normalized spacial score (nSPS) is 12.6. The van der Waals surface area contributed by atoms with Crippen molar-refractivity contribution in [3.05, 3.63) is 18.4 Å². The molecule has 20 heavy (non-hydrogen) atoms. The first-order chi connectivity index (χ1) is 9.54. The van der Waals surface area contributed by atoms with Gasteiger partial charge < -0.3 is 19.6 Å². The van der Waals surface area contributed by atoms with Crippen molar-refractivity contribution in [2.75, 3.05) is 0 Å². The number of carbonyl (C=O) groups is 2. The summed E-state index contributed by atoms with van der Waals surface area (Å²) in [4.78, 5) is 22.2. The first-order valence-electron chi connectivity index (χ1n) is 6.14. The lowest BCUT2D eigenvalue weighted by Gasteiger charge is -2.15. The number of rotatable bonds is 6. The van der Waals surface area contributed by atoms with E-state index in [1.165, 1.54) is 10.8 Å². The van der Waals surface area contributed by atoms with Gasteiger partial charge in [0.15, 0.2) is 12.3 Å². The molecule has 2 aromatic heterocycles. The molecule has 0 saturated heterocycles. The summed E-state index contributed by atoms with van der Waals surface area (Å²) >= 11 is 0. The third kappa shape index (κ3) is 2.67. The number of hydrogen-bond donors (Lipinski definition) is 1. The van der Waals surface area contributed by atoms with Crippen LogP contribution in [0.15, 0.2) is 22.8 Å². The Morgan fingerprint density at radius 1 is 1.55 bits per heavy atom. The number of fused-ring (bicyclic) bond motifs is 1. The van der Waals surface area contributed by atoms with Gasteiger partial charge in [-0.3, -0.25) is 14.2 Å². The van der Waals surface area contributed by atoms with Gasteiger partial charge in [-0.1, -0.05) is 13.8 Å². The maximum Gasteiger partial charge on any atom is 0.324 e. The van der Waals surface area contributed by atoms with Crippen LogP contribution in [-0.4, -0.2) is 23.1 Å². The van der Waals surface area contributed by atoms with Crippen molar-refractivity contribution in [3.63, 3.8) is 0 Å². The van der Waals surface area contributed by atoms with Crippen LogP contribution in [0.3, 0.4) is 0 Å². The van der Waals surface area contributed by atoms with Crippen LogP contribution >= 0.6 is 0 Å². The van der Waals surface area contributed by atoms with Crippen LogP contribution in [0.25, 0.3) is 11.1 Å². The predicted molar refractivity (Wildman–Crippen MR) is 69.8 cm³/mol. The quantitative estimate of drug-likeness (QED) is 0.632. The zero-order valence-corrected chi connectivity index (χ0v) is 11.2. The van der Waals surface area contributed by atoms with Gasteiger partial charge in [-0.05, 0) is 5.92 Å². The molecule has 0 radical (unpaired) electrons. The Morgan fingerprint density at radius 3 is 2.95 bits per heavy atom. The average Bonchev–Trinajstić information content (AvgIpc) is 2.96. The van der Waals surface area contributed by atoms with Gasteiger partial charge in [0.05, 0.1) is 11.8 Å². The van der Waals surface area contributed by atoms with Gasteiger partial charge in [0.1, 0.15) is 6.04 Å². The molecule has 0 aliphatic heterocycles. The fourth-order valence-electron chi connectivity index (χ4n) is 1.73. The van der Waals surface area contributed by atoms with Crippen molar-refractivity contribution in [2.45, 2.75) is 26.6 Å². The van der Waals surface area contributed by atoms with Crippen LogP contribution in [0.1, 0.15) is 13.8 Å². The maximum absolute atomic E-state index is 11.7. The number of nitrogens with two attached hydrogens (primary N) is 1. The first kappa shape index (κ1) is 14.1. The smallest absolute Gasteiger partial charge is 0.324 e. The van der Waals surface area contributed by atoms with Crippen LogP contribution in [0, 0.1) is 5.92 Å². The molecular weight excluding hydrogens is 264 g/mol. The van der Waals surface area contributed by atoms with E-state index >= 15 is 0 Å². The summed E-state index contributed by atoms with van der Waals surface area (Å²) in [6, 6.07) is 2.53. The number of ether oxygens (including phenoxy) is 2. The summed E-state index contributed by atoms with van der Waals surface area (Å²) in [5, 5.41) is 0. The Labute approximate surface area is 115 Å². The minimum Gasteiger partial charge on any atom is -0.463 e. The highest BCUT2D eigenvalue weighted by atomic mass is 16.6. The molecule has 0 unspecified atom stereocenters. The highest BCUT2D eigenvalue weighted by Gasteiger charge is 2.20. The van der Waals surface area contributed by atoms with Gasteiger partial charge in [-0.2, -0.15) is 0 Å². The zero-order chi connectivity index (χ0) is 14.7. The van der Waals surface area contributed by atoms with E-state index in [4.69, 9.17) is 19.6 Å². The molecule has 7 nitrogen and oxygen atoms in total. The van der Waals surface area contributed by atoms with Crippen LogP contribution in [0.4, 0.5) is 0 Å². The van der Waals surface area contributed by atoms with Crippen LogP contribution < -0.4 is 10.5 Å². The van der Waals surface area contributed by atoms with E-state index in [2.05, 4.69) is 0 Å². The third-order valence-electron chi connectivity index (χ3n) is 2.98. The molecule has 0 fully saturated rings. The van der Waals surface area contributed by atoms with Crippen molar-refractivity contribution < 1.29 is 23.5 Å². The fraction of sp³-hybridized carbons (Fsp3) is 0.385. The van der Waals surface area contributed by atoms with E-state index in [0.717, 1.165) is 0 Å². The van der Waals surface area contributed by atoms with E-state index in [1.807, 2.05) is 13.8 Å². The van der Waals surface area contributed by atoms with Gasteiger partial charge in [-0.25, -0.2) is 0 Å². The summed E-state index contributed by atoms with van der Waals surface area (Å²) < 4.78 is 16.7. The molecule has 108 valence electrons. The van der Waals surface area contributed by atoms with Crippen molar-refractivity contribution >= 4 is 23.5 Å². The second-order valence-corrected chi connectivity index (χ2v) is 4.66. The Morgan fingerprint density at radius 2 is 2.30 bits per heavy atom. The number of carbonyl (C=O) groups excluding carboxylic acids is 2. The first-order valence-corrected chi connectivity index (χ1v) is 6.14. The summed E-state index contributed by atoms with van der Waals surface area (Å²) in [5.74, 6) is -0.297. The minimum absolute atomic E-state index is 0.0215. The van der Waals surface area contributed by atoms with Crippen molar-refractivity contribution in [1.29, 1.82) is 0 Å². The lowest BCUT2D eigenvalue weighted by atomic mass is 10.1. The van der Waals surface area contributed by atoms with E-state index in [-0.39, 0.29) is 18.5 Å². The molecule has 2 heterocycles. The molecule has 0 saturated carbocycles. The fourth-order valence-corrected chi connectivity index (χ4v) is 1.73. The number of aromatic nitrogens is 1. The topological polar surface area (TPSA) is 96.7 Å². The van der Waals surface area contributed by atoms with Crippen LogP contribution in [-0.2, 0) is 21.1 Å². The molecule has 2 aromatic rings. The van der Waals surface area contributed by atoms with E-state index < -0.39 is 12.0 Å². The van der Waals surface area contributed by atoms with Gasteiger partial charge in [0.25, 0.3) is 6.47 Å². The molecule has 0 spiro atoms. The van der Waals surface area contributed by atoms with Crippen molar-refractivity contribution in [2.24, 2.45) is 11.7 Å². The maximum atomic E-state index is 11.7. The molecule has 1 atom stereocenters. The highest BCUT2D eigenvalue weighted by molar-refractivity contribution is 5.78. The number of esters is 1. The number of furan rings is 1. The molecule has 2 N–H and O–H groups in total. The summed E-state index contributed by atoms with van der Waals surface area (Å²) in [6.07, 6.45) is 1.49. The highest BCUT2D eigenvalue weighted by Crippen LogP contribution is 2.26. The number of hydrogen-bond acceptors (Lipinski definition) is 6. The molecular formula is C13H16N2O5. The second-order valence-electron chi connectivity index (χ2n) is 4.66. The van der Waals surface area contributed by atoms with Gasteiger partial charge >= 0.3 is 5.97 Å². The Hall–Kier alpha value is -2.28. The summed E-state index contributed by atoms with van der Waals surface area (Å²) in [5.41, 5.74) is 6.89. The monoisotopic (exact) mass is 280 g/mol. The van der Waals surface area contributed by atoms with E-state index in [0.29, 0.717) is 17.6 Å². The Balaban J connectivity index is 2.15. The van der Waals surface area contributed by atoms with Crippen molar-refractivity contribution in [3.8, 4) is 5.88 Å². The standard InChI is InChI=1S/C13H16N2O5/c1-8(2)12(14)13(17)19-6-15-9-3-4-18-10(9)5-11(15)20-7-16/h3-5,7-8,12H,6,14H2,1-2H3/t12-/m1/s1. The second kappa shape index (κ2) is 5.79. The van der Waals surface area contributed by atoms with Crippen molar-refractivity contribution in [1.82, 2.24) is 4.57 Å². The molecule has 7 heteroatoms. The van der Waals surface area contributed by atoms with E-state index in [9.17, 15) is 9.59 Å². The van der Waals surface area contributed by atoms with Crippen LogP contribution in [0.5, 0.6) is 5.88 Å². The van der Waals surface area contributed by atoms with Gasteiger partial charge in [0.2, 0.25) is 5.88 Å². The minimum atomic E-state index is -0.694. The Kier molecular flexibility index (Phi) is 4.09. The lowest BCUT2D eigenvalue weighted by Crippen LogP contribution is -2.37. The molecule has 0 aliphatic carbocycles. The van der Waals surface area contributed by atoms with E-state index in [1.54, 1.807) is 12.1 Å². The third-order valence-corrected chi connectivity index (χ3v) is 2.98. The largest absolute Gasteiger partial charge is 0.463 e. The van der Waals surface area contributed by atoms with Gasteiger partial charge in [-0.15, -0.1) is 0 Å². The average molecular weight is 280 g/mol. The summed E-state index contributed by atoms with van der Waals surface area (Å²) in [7, 11) is 0. The zero-order valence-electron chi connectivity index (χ0n) is 11.2. The molecule has 0 aliphatic rings. The molecule has 0 amide bonds.